The molecule has 4 heteroatoms. The lowest BCUT2D eigenvalue weighted by Crippen LogP contribution is -2.41. The summed E-state index contributed by atoms with van der Waals surface area (Å²) in [5, 5.41) is 13.2. The maximum atomic E-state index is 12.0. The number of rotatable bonds is 7. The normalized spacial score (nSPS) is 22.7. The predicted molar refractivity (Wildman–Crippen MR) is 77.9 cm³/mol. The molecule has 2 N–H and O–H groups in total. The first-order valence-corrected chi connectivity index (χ1v) is 7.69. The number of likely N-dealkylation sites (tertiary alicyclic amines) is 1. The van der Waals surface area contributed by atoms with E-state index in [1.807, 2.05) is 4.90 Å². The van der Waals surface area contributed by atoms with Gasteiger partial charge in [-0.25, -0.2) is 0 Å². The van der Waals surface area contributed by atoms with Crippen molar-refractivity contribution in [3.8, 4) is 0 Å². The van der Waals surface area contributed by atoms with Crippen molar-refractivity contribution in [3.63, 3.8) is 0 Å². The van der Waals surface area contributed by atoms with Crippen LogP contribution in [0.25, 0.3) is 0 Å². The third-order valence-corrected chi connectivity index (χ3v) is 3.87. The molecule has 0 aromatic heterocycles. The fourth-order valence-electron chi connectivity index (χ4n) is 2.55. The van der Waals surface area contributed by atoms with E-state index < -0.39 is 6.10 Å². The zero-order valence-electron chi connectivity index (χ0n) is 12.7. The molecular weight excluding hydrogens is 240 g/mol. The molecule has 2 atom stereocenters. The summed E-state index contributed by atoms with van der Waals surface area (Å²) in [5.74, 6) is 1.46. The van der Waals surface area contributed by atoms with E-state index in [0.717, 1.165) is 32.4 Å². The Morgan fingerprint density at radius 1 is 1.37 bits per heavy atom. The van der Waals surface area contributed by atoms with Crippen LogP contribution >= 0.6 is 0 Å². The number of nitrogens with one attached hydrogen (secondary N) is 1. The van der Waals surface area contributed by atoms with Crippen molar-refractivity contribution in [2.24, 2.45) is 11.8 Å². The van der Waals surface area contributed by atoms with Crippen molar-refractivity contribution in [2.45, 2.75) is 52.6 Å². The van der Waals surface area contributed by atoms with Gasteiger partial charge in [0.2, 0.25) is 5.91 Å². The van der Waals surface area contributed by atoms with Gasteiger partial charge in [-0.3, -0.25) is 4.79 Å². The topological polar surface area (TPSA) is 52.6 Å². The molecule has 112 valence electrons. The Hall–Kier alpha value is -0.610. The van der Waals surface area contributed by atoms with E-state index in [4.69, 9.17) is 0 Å². The second kappa shape index (κ2) is 8.54. The minimum Gasteiger partial charge on any atom is -0.390 e. The summed E-state index contributed by atoms with van der Waals surface area (Å²) in [6, 6.07) is 0. The Morgan fingerprint density at radius 2 is 2.11 bits per heavy atom. The summed E-state index contributed by atoms with van der Waals surface area (Å²) in [4.78, 5) is 13.8. The number of aliphatic hydroxyl groups is 1. The number of β-amino-alcohol motifs (C(OH)–C–C–N with tert-alkyl or cyclic N) is 1. The standard InChI is InChI=1S/C15H30N2O2/c1-4-13-5-6-15(19)17(8-7-13)11-14(18)10-16-9-12(2)3/h12-14,16,18H,4-11H2,1-3H3. The molecule has 1 amide bonds. The van der Waals surface area contributed by atoms with E-state index in [2.05, 4.69) is 26.1 Å². The monoisotopic (exact) mass is 270 g/mol. The van der Waals surface area contributed by atoms with Crippen LogP contribution in [0.15, 0.2) is 0 Å². The Labute approximate surface area is 117 Å². The maximum absolute atomic E-state index is 12.0. The van der Waals surface area contributed by atoms with E-state index >= 15 is 0 Å². The number of hydrogen-bond acceptors (Lipinski definition) is 3. The number of nitrogens with zero attached hydrogens (tertiary/aromatic N) is 1. The number of hydrogen-bond donors (Lipinski definition) is 2. The van der Waals surface area contributed by atoms with Gasteiger partial charge in [0.25, 0.3) is 0 Å². The van der Waals surface area contributed by atoms with Crippen LogP contribution in [-0.4, -0.2) is 48.2 Å². The molecule has 2 unspecified atom stereocenters. The molecule has 0 aromatic rings. The minimum atomic E-state index is -0.458. The smallest absolute Gasteiger partial charge is 0.222 e. The summed E-state index contributed by atoms with van der Waals surface area (Å²) < 4.78 is 0. The molecule has 0 bridgehead atoms. The van der Waals surface area contributed by atoms with Gasteiger partial charge in [0.1, 0.15) is 0 Å². The Morgan fingerprint density at radius 3 is 2.74 bits per heavy atom. The predicted octanol–water partition coefficient (Wildman–Crippen LogP) is 1.63. The number of aliphatic hydroxyl groups excluding tert-OH is 1. The van der Waals surface area contributed by atoms with Crippen LogP contribution in [0.2, 0.25) is 0 Å². The van der Waals surface area contributed by atoms with Crippen LogP contribution in [0.5, 0.6) is 0 Å². The van der Waals surface area contributed by atoms with Crippen LogP contribution in [-0.2, 0) is 4.79 Å². The largest absolute Gasteiger partial charge is 0.390 e. The molecule has 1 heterocycles. The molecule has 19 heavy (non-hydrogen) atoms. The van der Waals surface area contributed by atoms with E-state index in [0.29, 0.717) is 31.3 Å². The van der Waals surface area contributed by atoms with Crippen LogP contribution in [0.1, 0.15) is 46.5 Å². The molecule has 0 saturated carbocycles. The summed E-state index contributed by atoms with van der Waals surface area (Å²) in [5.41, 5.74) is 0. The fraction of sp³-hybridized carbons (Fsp3) is 0.933. The second-order valence-corrected chi connectivity index (χ2v) is 6.15. The zero-order chi connectivity index (χ0) is 14.3. The van der Waals surface area contributed by atoms with Gasteiger partial charge in [0.05, 0.1) is 6.10 Å². The highest BCUT2D eigenvalue weighted by Gasteiger charge is 2.23. The molecule has 1 saturated heterocycles. The van der Waals surface area contributed by atoms with Crippen molar-refractivity contribution in [1.29, 1.82) is 0 Å². The van der Waals surface area contributed by atoms with Gasteiger partial charge in [-0.05, 0) is 31.2 Å². The van der Waals surface area contributed by atoms with Gasteiger partial charge in [-0.1, -0.05) is 27.2 Å². The fourth-order valence-corrected chi connectivity index (χ4v) is 2.55. The summed E-state index contributed by atoms with van der Waals surface area (Å²) in [6.45, 7) is 9.22. The van der Waals surface area contributed by atoms with Crippen molar-refractivity contribution < 1.29 is 9.90 Å². The Bertz CT molecular complexity index is 269. The second-order valence-electron chi connectivity index (χ2n) is 6.15. The molecule has 4 nitrogen and oxygen atoms in total. The Kier molecular flexibility index (Phi) is 7.39. The third-order valence-electron chi connectivity index (χ3n) is 3.87. The van der Waals surface area contributed by atoms with Crippen LogP contribution in [0, 0.1) is 11.8 Å². The van der Waals surface area contributed by atoms with Gasteiger partial charge in [0, 0.05) is 26.1 Å². The van der Waals surface area contributed by atoms with Crippen LogP contribution in [0.4, 0.5) is 0 Å². The molecule has 0 aromatic carbocycles. The van der Waals surface area contributed by atoms with Gasteiger partial charge >= 0.3 is 0 Å². The highest BCUT2D eigenvalue weighted by Crippen LogP contribution is 2.21. The number of amides is 1. The van der Waals surface area contributed by atoms with Crippen LogP contribution in [0.3, 0.4) is 0 Å². The van der Waals surface area contributed by atoms with E-state index in [1.165, 1.54) is 0 Å². The third kappa shape index (κ3) is 6.39. The average Bonchev–Trinajstić information content (AvgIpc) is 2.52. The van der Waals surface area contributed by atoms with Crippen molar-refractivity contribution in [2.75, 3.05) is 26.2 Å². The summed E-state index contributed by atoms with van der Waals surface area (Å²) >= 11 is 0. The first kappa shape index (κ1) is 16.4. The quantitative estimate of drug-likeness (QED) is 0.739. The van der Waals surface area contributed by atoms with Crippen LogP contribution < -0.4 is 5.32 Å². The van der Waals surface area contributed by atoms with Gasteiger partial charge < -0.3 is 15.3 Å². The lowest BCUT2D eigenvalue weighted by molar-refractivity contribution is -0.132. The first-order chi connectivity index (χ1) is 9.02. The van der Waals surface area contributed by atoms with E-state index in [9.17, 15) is 9.90 Å². The van der Waals surface area contributed by atoms with E-state index in [1.54, 1.807) is 0 Å². The summed E-state index contributed by atoms with van der Waals surface area (Å²) in [6.07, 6.45) is 3.42. The highest BCUT2D eigenvalue weighted by atomic mass is 16.3. The van der Waals surface area contributed by atoms with Crippen molar-refractivity contribution >= 4 is 5.91 Å². The minimum absolute atomic E-state index is 0.207. The SMILES string of the molecule is CCC1CCC(=O)N(CC(O)CNCC(C)C)CC1. The maximum Gasteiger partial charge on any atom is 0.222 e. The molecular formula is C15H30N2O2. The van der Waals surface area contributed by atoms with Crippen molar-refractivity contribution in [3.05, 3.63) is 0 Å². The molecule has 0 spiro atoms. The average molecular weight is 270 g/mol. The van der Waals surface area contributed by atoms with Gasteiger partial charge in [0.15, 0.2) is 0 Å². The van der Waals surface area contributed by atoms with Gasteiger partial charge in [-0.2, -0.15) is 0 Å². The molecule has 1 fully saturated rings. The molecule has 0 aliphatic carbocycles. The van der Waals surface area contributed by atoms with E-state index in [-0.39, 0.29) is 5.91 Å². The lowest BCUT2D eigenvalue weighted by Gasteiger charge is -2.24. The van der Waals surface area contributed by atoms with Gasteiger partial charge in [-0.15, -0.1) is 0 Å². The molecule has 0 radical (unpaired) electrons. The highest BCUT2D eigenvalue weighted by molar-refractivity contribution is 5.76. The Balaban J connectivity index is 2.31. The van der Waals surface area contributed by atoms with Crippen molar-refractivity contribution in [1.82, 2.24) is 10.2 Å². The molecule has 1 rings (SSSR count). The first-order valence-electron chi connectivity index (χ1n) is 7.69. The number of carbonyl (C=O) groups excluding carboxylic acids is 1. The molecule has 1 aliphatic rings. The lowest BCUT2D eigenvalue weighted by atomic mass is 9.98. The molecule has 1 aliphatic heterocycles. The number of carbonyl (C=O) groups is 1. The zero-order valence-corrected chi connectivity index (χ0v) is 12.7. The summed E-state index contributed by atoms with van der Waals surface area (Å²) in [7, 11) is 0.